The summed E-state index contributed by atoms with van der Waals surface area (Å²) in [7, 11) is 0. The standard InChI is InChI=1S/C21H16Cl2N2O2S/c1-21(2,25-19(26)17-8-3-4-9-18(17)23)11-10-16-13-24-20(28-16)27-15-7-5-6-14(22)12-15/h3-9,12-13H,1-2H3,(H,25,26). The summed E-state index contributed by atoms with van der Waals surface area (Å²) in [6.45, 7) is 3.64. The van der Waals surface area contributed by atoms with Gasteiger partial charge in [-0.2, -0.15) is 0 Å². The van der Waals surface area contributed by atoms with E-state index < -0.39 is 5.54 Å². The molecule has 2 aromatic carbocycles. The van der Waals surface area contributed by atoms with Crippen LogP contribution in [0.1, 0.15) is 29.1 Å². The van der Waals surface area contributed by atoms with Gasteiger partial charge in [-0.15, -0.1) is 0 Å². The van der Waals surface area contributed by atoms with Crippen molar-refractivity contribution >= 4 is 40.4 Å². The Morgan fingerprint density at radius 3 is 2.71 bits per heavy atom. The van der Waals surface area contributed by atoms with E-state index in [0.29, 0.717) is 26.6 Å². The van der Waals surface area contributed by atoms with Gasteiger partial charge in [-0.3, -0.25) is 4.79 Å². The van der Waals surface area contributed by atoms with Crippen molar-refractivity contribution in [3.05, 3.63) is 75.2 Å². The Balaban J connectivity index is 1.68. The smallest absolute Gasteiger partial charge is 0.279 e. The van der Waals surface area contributed by atoms with Crippen LogP contribution in [0.3, 0.4) is 0 Å². The minimum absolute atomic E-state index is 0.279. The first-order valence-electron chi connectivity index (χ1n) is 8.32. The van der Waals surface area contributed by atoms with Gasteiger partial charge in [0.15, 0.2) is 0 Å². The van der Waals surface area contributed by atoms with Gasteiger partial charge in [0.25, 0.3) is 11.1 Å². The van der Waals surface area contributed by atoms with E-state index in [0.717, 1.165) is 4.88 Å². The van der Waals surface area contributed by atoms with Crippen LogP contribution in [-0.2, 0) is 0 Å². The molecule has 0 spiro atoms. The molecule has 1 amide bonds. The lowest BCUT2D eigenvalue weighted by Gasteiger charge is -2.20. The van der Waals surface area contributed by atoms with Gasteiger partial charge >= 0.3 is 0 Å². The molecular weight excluding hydrogens is 415 g/mol. The van der Waals surface area contributed by atoms with Crippen molar-refractivity contribution in [1.29, 1.82) is 0 Å². The van der Waals surface area contributed by atoms with Crippen LogP contribution in [0.2, 0.25) is 10.0 Å². The van der Waals surface area contributed by atoms with Crippen LogP contribution in [-0.4, -0.2) is 16.4 Å². The van der Waals surface area contributed by atoms with Crippen LogP contribution in [0, 0.1) is 11.8 Å². The second-order valence-corrected chi connectivity index (χ2v) is 8.20. The van der Waals surface area contributed by atoms with Crippen LogP contribution < -0.4 is 10.1 Å². The van der Waals surface area contributed by atoms with E-state index in [-0.39, 0.29) is 5.91 Å². The van der Waals surface area contributed by atoms with Gasteiger partial charge in [0.1, 0.15) is 10.6 Å². The molecule has 0 radical (unpaired) electrons. The second kappa shape index (κ2) is 8.66. The van der Waals surface area contributed by atoms with E-state index in [1.807, 2.05) is 13.8 Å². The fourth-order valence-electron chi connectivity index (χ4n) is 2.24. The van der Waals surface area contributed by atoms with E-state index in [1.54, 1.807) is 54.7 Å². The van der Waals surface area contributed by atoms with Gasteiger partial charge in [0.05, 0.1) is 22.3 Å². The number of nitrogens with zero attached hydrogens (tertiary/aromatic N) is 1. The summed E-state index contributed by atoms with van der Waals surface area (Å²) < 4.78 is 5.68. The SMILES string of the molecule is CC(C)(C#Cc1cnc(Oc2cccc(Cl)c2)s1)NC(=O)c1ccccc1Cl. The molecule has 0 aliphatic heterocycles. The van der Waals surface area contributed by atoms with Crippen molar-refractivity contribution < 1.29 is 9.53 Å². The molecule has 0 saturated carbocycles. The lowest BCUT2D eigenvalue weighted by molar-refractivity contribution is 0.0930. The van der Waals surface area contributed by atoms with Crippen molar-refractivity contribution in [3.8, 4) is 22.8 Å². The predicted octanol–water partition coefficient (Wildman–Crippen LogP) is 5.80. The topological polar surface area (TPSA) is 51.2 Å². The zero-order valence-corrected chi connectivity index (χ0v) is 17.5. The molecule has 1 aromatic heterocycles. The fraction of sp³-hybridized carbons (Fsp3) is 0.143. The van der Waals surface area contributed by atoms with E-state index >= 15 is 0 Å². The lowest BCUT2D eigenvalue weighted by Crippen LogP contribution is -2.42. The number of amides is 1. The Kier molecular flexibility index (Phi) is 6.25. The van der Waals surface area contributed by atoms with Gasteiger partial charge in [-0.1, -0.05) is 64.6 Å². The van der Waals surface area contributed by atoms with Crippen molar-refractivity contribution in [1.82, 2.24) is 10.3 Å². The molecular formula is C21H16Cl2N2O2S. The molecule has 0 bridgehead atoms. The first-order valence-corrected chi connectivity index (χ1v) is 9.89. The molecule has 0 fully saturated rings. The maximum absolute atomic E-state index is 12.4. The molecule has 0 atom stereocenters. The average Bonchev–Trinajstić information content (AvgIpc) is 3.07. The number of hydrogen-bond donors (Lipinski definition) is 1. The maximum atomic E-state index is 12.4. The number of nitrogens with one attached hydrogen (secondary N) is 1. The summed E-state index contributed by atoms with van der Waals surface area (Å²) in [5.74, 6) is 6.40. The van der Waals surface area contributed by atoms with E-state index in [4.69, 9.17) is 27.9 Å². The Morgan fingerprint density at radius 2 is 1.96 bits per heavy atom. The third kappa shape index (κ3) is 5.49. The third-order valence-corrected chi connectivity index (χ3v) is 4.88. The molecule has 0 aliphatic carbocycles. The number of halogens is 2. The molecule has 1 heterocycles. The number of thiazole rings is 1. The fourth-order valence-corrected chi connectivity index (χ4v) is 3.28. The maximum Gasteiger partial charge on any atom is 0.279 e. The number of carbonyl (C=O) groups is 1. The van der Waals surface area contributed by atoms with Gasteiger partial charge in [0.2, 0.25) is 0 Å². The van der Waals surface area contributed by atoms with Crippen molar-refractivity contribution in [2.24, 2.45) is 0 Å². The molecule has 0 unspecified atom stereocenters. The molecule has 0 saturated heterocycles. The second-order valence-electron chi connectivity index (χ2n) is 6.36. The molecule has 7 heteroatoms. The summed E-state index contributed by atoms with van der Waals surface area (Å²) >= 11 is 13.3. The van der Waals surface area contributed by atoms with Crippen LogP contribution in [0.15, 0.2) is 54.7 Å². The number of carbonyl (C=O) groups excluding carboxylic acids is 1. The number of ether oxygens (including phenoxy) is 1. The van der Waals surface area contributed by atoms with Crippen LogP contribution in [0.5, 0.6) is 10.9 Å². The first-order chi connectivity index (χ1) is 13.3. The summed E-state index contributed by atoms with van der Waals surface area (Å²) in [4.78, 5) is 17.4. The molecule has 3 rings (SSSR count). The molecule has 0 aliphatic rings. The molecule has 3 aromatic rings. The molecule has 142 valence electrons. The van der Waals surface area contributed by atoms with Gasteiger partial charge in [0, 0.05) is 5.02 Å². The van der Waals surface area contributed by atoms with Crippen LogP contribution in [0.25, 0.3) is 0 Å². The van der Waals surface area contributed by atoms with Crippen molar-refractivity contribution in [2.75, 3.05) is 0 Å². The van der Waals surface area contributed by atoms with Gasteiger partial charge < -0.3 is 10.1 Å². The molecule has 4 nitrogen and oxygen atoms in total. The van der Waals surface area contributed by atoms with Crippen molar-refractivity contribution in [3.63, 3.8) is 0 Å². The molecule has 1 N–H and O–H groups in total. The molecule has 28 heavy (non-hydrogen) atoms. The highest BCUT2D eigenvalue weighted by Crippen LogP contribution is 2.27. The largest absolute Gasteiger partial charge is 0.431 e. The minimum atomic E-state index is -0.756. The zero-order valence-electron chi connectivity index (χ0n) is 15.1. The third-order valence-electron chi connectivity index (χ3n) is 3.53. The summed E-state index contributed by atoms with van der Waals surface area (Å²) in [6, 6.07) is 14.0. The summed E-state index contributed by atoms with van der Waals surface area (Å²) in [5, 5.41) is 4.33. The van der Waals surface area contributed by atoms with E-state index in [9.17, 15) is 4.79 Å². The number of rotatable bonds is 4. The van der Waals surface area contributed by atoms with E-state index in [2.05, 4.69) is 22.1 Å². The summed E-state index contributed by atoms with van der Waals surface area (Å²) in [6.07, 6.45) is 1.63. The minimum Gasteiger partial charge on any atom is -0.431 e. The highest BCUT2D eigenvalue weighted by Gasteiger charge is 2.20. The van der Waals surface area contributed by atoms with Crippen LogP contribution in [0.4, 0.5) is 0 Å². The zero-order chi connectivity index (χ0) is 20.1. The Labute approximate surface area is 177 Å². The van der Waals surface area contributed by atoms with E-state index in [1.165, 1.54) is 11.3 Å². The quantitative estimate of drug-likeness (QED) is 0.531. The Morgan fingerprint density at radius 1 is 1.18 bits per heavy atom. The number of hydrogen-bond acceptors (Lipinski definition) is 4. The Bertz CT molecular complexity index is 1070. The highest BCUT2D eigenvalue weighted by atomic mass is 35.5. The average molecular weight is 431 g/mol. The van der Waals surface area contributed by atoms with Gasteiger partial charge in [-0.25, -0.2) is 4.98 Å². The van der Waals surface area contributed by atoms with Crippen molar-refractivity contribution in [2.45, 2.75) is 19.4 Å². The highest BCUT2D eigenvalue weighted by molar-refractivity contribution is 7.13. The normalized spacial score (nSPS) is 10.7. The number of benzene rings is 2. The lowest BCUT2D eigenvalue weighted by atomic mass is 10.1. The summed E-state index contributed by atoms with van der Waals surface area (Å²) in [5.41, 5.74) is -0.345. The van der Waals surface area contributed by atoms with Crippen LogP contribution >= 0.6 is 34.5 Å². The van der Waals surface area contributed by atoms with Gasteiger partial charge in [-0.05, 0) is 44.2 Å². The monoisotopic (exact) mass is 430 g/mol. The predicted molar refractivity (Wildman–Crippen MR) is 114 cm³/mol. The Hall–Kier alpha value is -2.52. The number of aromatic nitrogens is 1. The first kappa shape index (κ1) is 20.2.